The molecule has 0 bridgehead atoms. The molecule has 0 rings (SSSR count). The molecule has 0 saturated carbocycles. The number of hydrogen-bond acceptors (Lipinski definition) is 3. The van der Waals surface area contributed by atoms with Crippen LogP contribution in [-0.2, 0) is 0 Å². The summed E-state index contributed by atoms with van der Waals surface area (Å²) in [7, 11) is 0. The van der Waals surface area contributed by atoms with Crippen LogP contribution in [0.3, 0.4) is 0 Å². The SMILES string of the molecule is CC(O)CO.O=C(O)Br. The molecule has 5 heteroatoms. The second-order valence-corrected chi connectivity index (χ2v) is 1.96. The van der Waals surface area contributed by atoms with Gasteiger partial charge in [-0.25, -0.2) is 4.79 Å². The fraction of sp³-hybridized carbons (Fsp3) is 0.750. The Morgan fingerprint density at radius 3 is 1.89 bits per heavy atom. The number of carboxylic acid groups (broad SMARTS) is 1. The Morgan fingerprint density at radius 1 is 1.78 bits per heavy atom. The Bertz CT molecular complexity index is 69.0. The minimum absolute atomic E-state index is 0.139. The van der Waals surface area contributed by atoms with Gasteiger partial charge in [-0.05, 0) is 6.92 Å². The molecule has 0 aliphatic heterocycles. The first-order chi connectivity index (χ1) is 4.00. The molecule has 1 unspecified atom stereocenters. The van der Waals surface area contributed by atoms with E-state index in [2.05, 4.69) is 15.9 Å². The van der Waals surface area contributed by atoms with Crippen molar-refractivity contribution >= 4 is 20.8 Å². The van der Waals surface area contributed by atoms with Crippen LogP contribution in [0.1, 0.15) is 6.92 Å². The number of carbonyl (C=O) groups is 1. The largest absolute Gasteiger partial charge is 0.473 e. The molecule has 0 aromatic rings. The number of rotatable bonds is 1. The average Bonchev–Trinajstić information content (AvgIpc) is 1.65. The quantitative estimate of drug-likeness (QED) is 0.537. The van der Waals surface area contributed by atoms with Crippen molar-refractivity contribution in [1.29, 1.82) is 0 Å². The van der Waals surface area contributed by atoms with E-state index in [0.29, 0.717) is 0 Å². The third-order valence-electron chi connectivity index (χ3n) is 0.264. The van der Waals surface area contributed by atoms with Gasteiger partial charge in [-0.3, -0.25) is 0 Å². The lowest BCUT2D eigenvalue weighted by Crippen LogP contribution is -2.03. The lowest BCUT2D eigenvalue weighted by atomic mass is 10.5. The third kappa shape index (κ3) is 77.5. The molecule has 0 spiro atoms. The van der Waals surface area contributed by atoms with Gasteiger partial charge in [-0.15, -0.1) is 0 Å². The van der Waals surface area contributed by atoms with Crippen LogP contribution in [0.5, 0.6) is 0 Å². The van der Waals surface area contributed by atoms with E-state index in [4.69, 9.17) is 20.1 Å². The van der Waals surface area contributed by atoms with Crippen LogP contribution < -0.4 is 0 Å². The molecular weight excluding hydrogens is 192 g/mol. The Balaban J connectivity index is 0. The standard InChI is InChI=1S/C3H8O2.CHBrO2/c1-3(5)2-4;2-1(3)4/h3-5H,2H2,1H3;(H,3,4). The normalized spacial score (nSPS) is 11.1. The first-order valence-corrected chi connectivity index (χ1v) is 2.97. The van der Waals surface area contributed by atoms with Crippen molar-refractivity contribution in [2.24, 2.45) is 0 Å². The topological polar surface area (TPSA) is 77.8 Å². The molecule has 56 valence electrons. The summed E-state index contributed by atoms with van der Waals surface area (Å²) in [6.45, 7) is 1.39. The van der Waals surface area contributed by atoms with Gasteiger partial charge in [0, 0.05) is 15.9 Å². The summed E-state index contributed by atoms with van der Waals surface area (Å²) in [5.74, 6) is 0. The second kappa shape index (κ2) is 7.87. The summed E-state index contributed by atoms with van der Waals surface area (Å²) in [6.07, 6.45) is -0.560. The summed E-state index contributed by atoms with van der Waals surface area (Å²) in [4.78, 5) is 7.90. The minimum Gasteiger partial charge on any atom is -0.473 e. The van der Waals surface area contributed by atoms with E-state index in [9.17, 15) is 0 Å². The van der Waals surface area contributed by atoms with Crippen molar-refractivity contribution < 1.29 is 20.1 Å². The van der Waals surface area contributed by atoms with E-state index in [0.717, 1.165) is 0 Å². The Kier molecular flexibility index (Phi) is 10.2. The van der Waals surface area contributed by atoms with Crippen LogP contribution in [0.25, 0.3) is 0 Å². The average molecular weight is 201 g/mol. The molecule has 0 aromatic heterocycles. The van der Waals surface area contributed by atoms with Gasteiger partial charge in [0.25, 0.3) is 0 Å². The van der Waals surface area contributed by atoms with Crippen LogP contribution in [0, 0.1) is 0 Å². The maximum atomic E-state index is 8.92. The minimum atomic E-state index is -1.02. The Hall–Kier alpha value is -0.130. The van der Waals surface area contributed by atoms with E-state index >= 15 is 0 Å². The fourth-order valence-corrected chi connectivity index (χ4v) is 0. The zero-order valence-electron chi connectivity index (χ0n) is 4.91. The summed E-state index contributed by atoms with van der Waals surface area (Å²) < 4.78 is 0. The van der Waals surface area contributed by atoms with Gasteiger partial charge in [0.15, 0.2) is 0 Å². The van der Waals surface area contributed by atoms with Gasteiger partial charge < -0.3 is 15.3 Å². The molecular formula is C4H9BrO4. The van der Waals surface area contributed by atoms with Crippen molar-refractivity contribution in [3.63, 3.8) is 0 Å². The van der Waals surface area contributed by atoms with Gasteiger partial charge in [-0.2, -0.15) is 0 Å². The molecule has 0 aromatic carbocycles. The molecule has 0 aliphatic carbocycles. The third-order valence-corrected chi connectivity index (χ3v) is 0.264. The Labute approximate surface area is 61.3 Å². The lowest BCUT2D eigenvalue weighted by Gasteiger charge is -1.90. The first-order valence-electron chi connectivity index (χ1n) is 2.18. The van der Waals surface area contributed by atoms with E-state index in [1.807, 2.05) is 0 Å². The second-order valence-electron chi connectivity index (χ2n) is 1.28. The molecule has 9 heavy (non-hydrogen) atoms. The summed E-state index contributed by atoms with van der Waals surface area (Å²) in [6, 6.07) is 0. The van der Waals surface area contributed by atoms with Crippen molar-refractivity contribution in [3.8, 4) is 0 Å². The van der Waals surface area contributed by atoms with Crippen molar-refractivity contribution in [1.82, 2.24) is 0 Å². The predicted octanol–water partition coefficient (Wildman–Crippen LogP) is 0.419. The van der Waals surface area contributed by atoms with Gasteiger partial charge >= 0.3 is 4.88 Å². The summed E-state index contributed by atoms with van der Waals surface area (Å²) in [5, 5.41) is 23.3. The highest BCUT2D eigenvalue weighted by Gasteiger charge is 1.83. The van der Waals surface area contributed by atoms with Crippen LogP contribution >= 0.6 is 15.9 Å². The molecule has 1 atom stereocenters. The molecule has 4 nitrogen and oxygen atoms in total. The monoisotopic (exact) mass is 200 g/mol. The predicted molar refractivity (Wildman–Crippen MR) is 35.7 cm³/mol. The number of aliphatic hydroxyl groups is 2. The maximum Gasteiger partial charge on any atom is 0.372 e. The molecule has 0 radical (unpaired) electrons. The number of aliphatic hydroxyl groups excluding tert-OH is 2. The highest BCUT2D eigenvalue weighted by Crippen LogP contribution is 1.74. The van der Waals surface area contributed by atoms with E-state index in [-0.39, 0.29) is 6.61 Å². The summed E-state index contributed by atoms with van der Waals surface area (Å²) >= 11 is 2.19. The van der Waals surface area contributed by atoms with Crippen LogP contribution in [-0.4, -0.2) is 32.9 Å². The number of hydrogen-bond donors (Lipinski definition) is 3. The van der Waals surface area contributed by atoms with Gasteiger partial charge in [-0.1, -0.05) is 0 Å². The fourth-order valence-electron chi connectivity index (χ4n) is 0. The smallest absolute Gasteiger partial charge is 0.372 e. The van der Waals surface area contributed by atoms with Crippen molar-refractivity contribution in [3.05, 3.63) is 0 Å². The lowest BCUT2D eigenvalue weighted by molar-refractivity contribution is 0.110. The van der Waals surface area contributed by atoms with Crippen LogP contribution in [0.2, 0.25) is 0 Å². The zero-order valence-corrected chi connectivity index (χ0v) is 6.50. The number of halogens is 1. The zero-order chi connectivity index (χ0) is 7.86. The van der Waals surface area contributed by atoms with Crippen molar-refractivity contribution in [2.75, 3.05) is 6.61 Å². The summed E-state index contributed by atoms with van der Waals surface area (Å²) in [5.41, 5.74) is 0. The van der Waals surface area contributed by atoms with E-state index in [1.165, 1.54) is 6.92 Å². The molecule has 0 aliphatic rings. The van der Waals surface area contributed by atoms with E-state index < -0.39 is 11.0 Å². The van der Waals surface area contributed by atoms with Crippen LogP contribution in [0.4, 0.5) is 4.79 Å². The highest BCUT2D eigenvalue weighted by atomic mass is 79.9. The first kappa shape index (κ1) is 11.6. The van der Waals surface area contributed by atoms with E-state index in [1.54, 1.807) is 0 Å². The molecule has 0 saturated heterocycles. The van der Waals surface area contributed by atoms with Gasteiger partial charge in [0.1, 0.15) is 0 Å². The molecule has 3 N–H and O–H groups in total. The van der Waals surface area contributed by atoms with Crippen molar-refractivity contribution in [2.45, 2.75) is 13.0 Å². The van der Waals surface area contributed by atoms with Crippen LogP contribution in [0.15, 0.2) is 0 Å². The Morgan fingerprint density at radius 2 is 1.89 bits per heavy atom. The van der Waals surface area contributed by atoms with Gasteiger partial charge in [0.2, 0.25) is 0 Å². The van der Waals surface area contributed by atoms with Gasteiger partial charge in [0.05, 0.1) is 12.7 Å². The highest BCUT2D eigenvalue weighted by molar-refractivity contribution is 9.18. The maximum absolute atomic E-state index is 8.92. The molecule has 0 fully saturated rings. The molecule has 0 amide bonds. The molecule has 0 heterocycles.